The SMILES string of the molecule is C[C@@H](OC(=O)c1ccc([N+](=O)[O-])cc1Cl)c1nnc(-c2ccc(F)cc2)o1. The van der Waals surface area contributed by atoms with E-state index in [2.05, 4.69) is 10.2 Å². The molecule has 0 aliphatic heterocycles. The van der Waals surface area contributed by atoms with E-state index < -0.39 is 22.8 Å². The van der Waals surface area contributed by atoms with E-state index in [4.69, 9.17) is 20.8 Å². The maximum absolute atomic E-state index is 13.0. The molecule has 0 N–H and O–H groups in total. The van der Waals surface area contributed by atoms with Crippen molar-refractivity contribution in [2.75, 3.05) is 0 Å². The monoisotopic (exact) mass is 391 g/mol. The first-order valence-corrected chi connectivity index (χ1v) is 7.97. The number of nitro benzene ring substituents is 1. The molecule has 138 valence electrons. The van der Waals surface area contributed by atoms with Crippen molar-refractivity contribution >= 4 is 23.3 Å². The van der Waals surface area contributed by atoms with Gasteiger partial charge in [-0.2, -0.15) is 0 Å². The van der Waals surface area contributed by atoms with Gasteiger partial charge in [0, 0.05) is 17.7 Å². The van der Waals surface area contributed by atoms with Gasteiger partial charge in [0.2, 0.25) is 5.89 Å². The van der Waals surface area contributed by atoms with Crippen LogP contribution in [0.25, 0.3) is 11.5 Å². The largest absolute Gasteiger partial charge is 0.449 e. The number of ether oxygens (including phenoxy) is 1. The number of non-ortho nitro benzene ring substituents is 1. The van der Waals surface area contributed by atoms with Gasteiger partial charge in [-0.25, -0.2) is 9.18 Å². The highest BCUT2D eigenvalue weighted by Crippen LogP contribution is 2.26. The van der Waals surface area contributed by atoms with Crippen molar-refractivity contribution in [3.8, 4) is 11.5 Å². The molecule has 27 heavy (non-hydrogen) atoms. The first-order valence-electron chi connectivity index (χ1n) is 7.59. The van der Waals surface area contributed by atoms with Gasteiger partial charge in [-0.1, -0.05) is 11.6 Å². The number of hydrogen-bond acceptors (Lipinski definition) is 7. The van der Waals surface area contributed by atoms with Crippen LogP contribution in [0.2, 0.25) is 5.02 Å². The van der Waals surface area contributed by atoms with Crippen LogP contribution in [0.1, 0.15) is 29.3 Å². The average Bonchev–Trinajstić information content (AvgIpc) is 3.12. The van der Waals surface area contributed by atoms with Gasteiger partial charge in [-0.15, -0.1) is 10.2 Å². The molecule has 1 atom stereocenters. The number of esters is 1. The molecule has 0 unspecified atom stereocenters. The Labute approximate surface area is 156 Å². The van der Waals surface area contributed by atoms with E-state index >= 15 is 0 Å². The summed E-state index contributed by atoms with van der Waals surface area (Å²) >= 11 is 5.91. The van der Waals surface area contributed by atoms with Gasteiger partial charge < -0.3 is 9.15 Å². The van der Waals surface area contributed by atoms with Crippen molar-refractivity contribution in [2.45, 2.75) is 13.0 Å². The minimum Gasteiger partial charge on any atom is -0.449 e. The van der Waals surface area contributed by atoms with E-state index in [0.29, 0.717) is 5.56 Å². The van der Waals surface area contributed by atoms with Crippen molar-refractivity contribution in [3.63, 3.8) is 0 Å². The molecule has 0 aliphatic carbocycles. The summed E-state index contributed by atoms with van der Waals surface area (Å²) in [6, 6.07) is 8.85. The van der Waals surface area contributed by atoms with E-state index in [1.807, 2.05) is 0 Å². The fraction of sp³-hybridized carbons (Fsp3) is 0.118. The molecule has 0 saturated carbocycles. The lowest BCUT2D eigenvalue weighted by molar-refractivity contribution is -0.384. The minimum atomic E-state index is -0.898. The third kappa shape index (κ3) is 4.09. The molecule has 0 amide bonds. The number of aromatic nitrogens is 2. The smallest absolute Gasteiger partial charge is 0.340 e. The molecule has 0 aliphatic rings. The number of carbonyl (C=O) groups excluding carboxylic acids is 1. The molecule has 10 heteroatoms. The van der Waals surface area contributed by atoms with Crippen LogP contribution in [0.15, 0.2) is 46.9 Å². The topological polar surface area (TPSA) is 108 Å². The summed E-state index contributed by atoms with van der Waals surface area (Å²) in [7, 11) is 0. The molecular formula is C17H11ClFN3O5. The van der Waals surface area contributed by atoms with Crippen LogP contribution in [0.5, 0.6) is 0 Å². The normalized spacial score (nSPS) is 11.8. The van der Waals surface area contributed by atoms with E-state index in [-0.39, 0.29) is 28.1 Å². The Bertz CT molecular complexity index is 1010. The summed E-state index contributed by atoms with van der Waals surface area (Å²) < 4.78 is 23.6. The highest BCUT2D eigenvalue weighted by atomic mass is 35.5. The maximum Gasteiger partial charge on any atom is 0.340 e. The molecule has 8 nitrogen and oxygen atoms in total. The number of hydrogen-bond donors (Lipinski definition) is 0. The zero-order valence-corrected chi connectivity index (χ0v) is 14.5. The number of nitro groups is 1. The van der Waals surface area contributed by atoms with Crippen LogP contribution in [0.4, 0.5) is 10.1 Å². The van der Waals surface area contributed by atoms with Crippen LogP contribution < -0.4 is 0 Å². The Morgan fingerprint density at radius 2 is 1.96 bits per heavy atom. The first kappa shape index (κ1) is 18.5. The third-order valence-electron chi connectivity index (χ3n) is 3.55. The van der Waals surface area contributed by atoms with Gasteiger partial charge in [0.05, 0.1) is 15.5 Å². The van der Waals surface area contributed by atoms with Gasteiger partial charge in [0.15, 0.2) is 6.10 Å². The second kappa shape index (κ2) is 7.50. The molecule has 0 fully saturated rings. The van der Waals surface area contributed by atoms with Crippen molar-refractivity contribution in [1.29, 1.82) is 0 Å². The lowest BCUT2D eigenvalue weighted by Gasteiger charge is -2.10. The van der Waals surface area contributed by atoms with Gasteiger partial charge in [-0.05, 0) is 37.3 Å². The summed E-state index contributed by atoms with van der Waals surface area (Å²) in [6.07, 6.45) is -0.898. The lowest BCUT2D eigenvalue weighted by Crippen LogP contribution is -2.10. The second-order valence-corrected chi connectivity index (χ2v) is 5.83. The zero-order chi connectivity index (χ0) is 19.6. The van der Waals surface area contributed by atoms with Crippen molar-refractivity contribution in [2.24, 2.45) is 0 Å². The molecule has 0 radical (unpaired) electrons. The summed E-state index contributed by atoms with van der Waals surface area (Å²) in [5, 5.41) is 18.3. The molecule has 1 heterocycles. The molecule has 1 aromatic heterocycles. The first-order chi connectivity index (χ1) is 12.8. The fourth-order valence-corrected chi connectivity index (χ4v) is 2.42. The summed E-state index contributed by atoms with van der Waals surface area (Å²) in [5.41, 5.74) is 0.227. The Hall–Kier alpha value is -3.33. The quantitative estimate of drug-likeness (QED) is 0.361. The number of halogens is 2. The summed E-state index contributed by atoms with van der Waals surface area (Å²) in [5.74, 6) is -1.04. The number of rotatable bonds is 5. The lowest BCUT2D eigenvalue weighted by atomic mass is 10.2. The Morgan fingerprint density at radius 1 is 1.26 bits per heavy atom. The van der Waals surface area contributed by atoms with E-state index in [1.165, 1.54) is 37.3 Å². The predicted octanol–water partition coefficient (Wildman–Crippen LogP) is 4.36. The predicted molar refractivity (Wildman–Crippen MR) is 91.6 cm³/mol. The average molecular weight is 392 g/mol. The highest BCUT2D eigenvalue weighted by Gasteiger charge is 2.22. The zero-order valence-electron chi connectivity index (χ0n) is 13.8. The second-order valence-electron chi connectivity index (χ2n) is 5.42. The Morgan fingerprint density at radius 3 is 2.59 bits per heavy atom. The van der Waals surface area contributed by atoms with Crippen LogP contribution in [0, 0.1) is 15.9 Å². The van der Waals surface area contributed by atoms with Crippen LogP contribution in [-0.4, -0.2) is 21.1 Å². The fourth-order valence-electron chi connectivity index (χ4n) is 2.17. The van der Waals surface area contributed by atoms with Crippen molar-refractivity contribution in [3.05, 3.63) is 74.9 Å². The molecule has 3 aromatic rings. The van der Waals surface area contributed by atoms with E-state index in [0.717, 1.165) is 12.1 Å². The van der Waals surface area contributed by atoms with Crippen LogP contribution >= 0.6 is 11.6 Å². The van der Waals surface area contributed by atoms with Gasteiger partial charge in [0.1, 0.15) is 5.82 Å². The maximum atomic E-state index is 13.0. The van der Waals surface area contributed by atoms with Crippen molar-refractivity contribution < 1.29 is 23.3 Å². The third-order valence-corrected chi connectivity index (χ3v) is 3.86. The number of carbonyl (C=O) groups is 1. The molecule has 0 spiro atoms. The van der Waals surface area contributed by atoms with Gasteiger partial charge in [-0.3, -0.25) is 10.1 Å². The van der Waals surface area contributed by atoms with Gasteiger partial charge in [0.25, 0.3) is 11.6 Å². The van der Waals surface area contributed by atoms with Crippen LogP contribution in [0.3, 0.4) is 0 Å². The number of nitrogens with zero attached hydrogens (tertiary/aromatic N) is 3. The standard InChI is InChI=1S/C17H11ClFN3O5/c1-9(15-20-21-16(27-15)10-2-4-11(19)5-3-10)26-17(23)13-7-6-12(22(24)25)8-14(13)18/h2-9H,1H3/t9-/m1/s1. The molecule has 0 saturated heterocycles. The number of benzene rings is 2. The summed E-state index contributed by atoms with van der Waals surface area (Å²) in [4.78, 5) is 22.3. The Balaban J connectivity index is 1.74. The minimum absolute atomic E-state index is 0.0284. The van der Waals surface area contributed by atoms with Gasteiger partial charge >= 0.3 is 5.97 Å². The van der Waals surface area contributed by atoms with E-state index in [9.17, 15) is 19.3 Å². The highest BCUT2D eigenvalue weighted by molar-refractivity contribution is 6.33. The Kier molecular flexibility index (Phi) is 5.13. The van der Waals surface area contributed by atoms with Crippen LogP contribution in [-0.2, 0) is 4.74 Å². The molecule has 3 rings (SSSR count). The molecule has 0 bridgehead atoms. The van der Waals surface area contributed by atoms with E-state index in [1.54, 1.807) is 0 Å². The molecule has 2 aromatic carbocycles. The summed E-state index contributed by atoms with van der Waals surface area (Å²) in [6.45, 7) is 1.51. The van der Waals surface area contributed by atoms with Crippen molar-refractivity contribution in [1.82, 2.24) is 10.2 Å². The molecular weight excluding hydrogens is 381 g/mol.